The second kappa shape index (κ2) is 11.7. The number of carbonyl (C=O) groups excluding carboxylic acids is 1. The first-order valence-electron chi connectivity index (χ1n) is 14.9. The number of anilines is 3. The van der Waals surface area contributed by atoms with E-state index in [0.29, 0.717) is 53.2 Å². The van der Waals surface area contributed by atoms with Crippen LogP contribution in [0.4, 0.5) is 17.3 Å². The fourth-order valence-corrected chi connectivity index (χ4v) is 6.76. The Hall–Kier alpha value is -3.65. The summed E-state index contributed by atoms with van der Waals surface area (Å²) in [4.78, 5) is 23.4. The van der Waals surface area contributed by atoms with Gasteiger partial charge >= 0.3 is 0 Å². The summed E-state index contributed by atoms with van der Waals surface area (Å²) < 4.78 is 12.7. The number of ether oxygens (including phenoxy) is 1. The topological polar surface area (TPSA) is 112 Å². The van der Waals surface area contributed by atoms with E-state index >= 15 is 0 Å². The fraction of sp³-hybridized carbons (Fsp3) is 0.455. The van der Waals surface area contributed by atoms with Crippen molar-refractivity contribution in [3.8, 4) is 23.1 Å². The molecule has 0 spiro atoms. The maximum absolute atomic E-state index is 12.6. The molecule has 0 saturated heterocycles. The monoisotopic (exact) mass is 632 g/mol. The SMILES string of the molecule is CN(C)C(=O)C1COc2c(cc(Cl)cc2Nc2nccc(-c3cc(C#N)c4c(c3)[C@@](C)(CO[Si](C)(C)C(C)(C)C)CN4)n2)C1. The summed E-state index contributed by atoms with van der Waals surface area (Å²) in [7, 11) is 1.51. The van der Waals surface area contributed by atoms with Crippen LogP contribution in [-0.4, -0.2) is 62.9 Å². The quantitative estimate of drug-likeness (QED) is 0.275. The van der Waals surface area contributed by atoms with Crippen molar-refractivity contribution in [3.05, 3.63) is 58.2 Å². The number of carbonyl (C=O) groups is 1. The number of nitrogens with one attached hydrogen (secondary N) is 2. The van der Waals surface area contributed by atoms with E-state index in [1.54, 1.807) is 31.3 Å². The molecule has 2 aliphatic rings. The van der Waals surface area contributed by atoms with Gasteiger partial charge in [0.2, 0.25) is 11.9 Å². The van der Waals surface area contributed by atoms with Gasteiger partial charge in [0.05, 0.1) is 28.6 Å². The zero-order chi connectivity index (χ0) is 32.0. The lowest BCUT2D eigenvalue weighted by molar-refractivity contribution is -0.134. The van der Waals surface area contributed by atoms with Crippen LogP contribution in [0.5, 0.6) is 5.75 Å². The Morgan fingerprint density at radius 2 is 2.05 bits per heavy atom. The largest absolute Gasteiger partial charge is 0.490 e. The van der Waals surface area contributed by atoms with Gasteiger partial charge in [-0.05, 0) is 66.0 Å². The first-order chi connectivity index (χ1) is 20.6. The smallest absolute Gasteiger partial charge is 0.228 e. The highest BCUT2D eigenvalue weighted by Crippen LogP contribution is 2.44. The molecule has 2 atom stereocenters. The molecule has 0 fully saturated rings. The number of nitrogens with zero attached hydrogens (tertiary/aromatic N) is 4. The molecule has 2 aromatic carbocycles. The van der Waals surface area contributed by atoms with Crippen molar-refractivity contribution >= 4 is 43.1 Å². The van der Waals surface area contributed by atoms with E-state index < -0.39 is 8.32 Å². The van der Waals surface area contributed by atoms with Gasteiger partial charge in [0, 0.05) is 49.4 Å². The second-order valence-corrected chi connectivity index (χ2v) is 19.0. The van der Waals surface area contributed by atoms with Gasteiger partial charge in [0.1, 0.15) is 18.4 Å². The highest BCUT2D eigenvalue weighted by atomic mass is 35.5. The minimum atomic E-state index is -1.97. The summed E-state index contributed by atoms with van der Waals surface area (Å²) >= 11 is 6.48. The first kappa shape index (κ1) is 31.8. The molecule has 44 heavy (non-hydrogen) atoms. The van der Waals surface area contributed by atoms with Crippen LogP contribution >= 0.6 is 11.6 Å². The number of aromatic nitrogens is 2. The average molecular weight is 633 g/mol. The molecule has 232 valence electrons. The number of fused-ring (bicyclic) bond motifs is 2. The zero-order valence-electron chi connectivity index (χ0n) is 26.8. The summed E-state index contributed by atoms with van der Waals surface area (Å²) in [6.45, 7) is 15.0. The summed E-state index contributed by atoms with van der Waals surface area (Å²) in [5.41, 5.74) is 5.16. The summed E-state index contributed by atoms with van der Waals surface area (Å²) in [6.07, 6.45) is 2.21. The molecule has 5 rings (SSSR count). The number of rotatable bonds is 7. The molecule has 11 heteroatoms. The van der Waals surface area contributed by atoms with Crippen molar-refractivity contribution in [2.75, 3.05) is 44.5 Å². The number of benzene rings is 2. The average Bonchev–Trinajstić information content (AvgIpc) is 3.31. The molecule has 1 aromatic heterocycles. The number of nitriles is 1. The van der Waals surface area contributed by atoms with Gasteiger partial charge in [-0.25, -0.2) is 9.97 Å². The van der Waals surface area contributed by atoms with E-state index in [4.69, 9.17) is 25.7 Å². The molecule has 2 aliphatic heterocycles. The Labute approximate surface area is 266 Å². The Morgan fingerprint density at radius 3 is 2.73 bits per heavy atom. The number of amides is 1. The standard InChI is InChI=1S/C33H41ClN6O3Si/c1-32(2,3)44(7,8)43-19-33(4)18-37-28-22(16-35)11-20(14-25(28)33)26-9-10-36-31(38-26)39-27-15-24(34)13-21-12-23(17-42-29(21)27)30(41)40(5)6/h9-11,13-15,23,37H,12,17-19H2,1-8H3,(H,36,38,39)/t23?,33-/m1/s1. The van der Waals surface area contributed by atoms with E-state index in [1.165, 1.54) is 0 Å². The summed E-state index contributed by atoms with van der Waals surface area (Å²) in [6, 6.07) is 11.8. The first-order valence-corrected chi connectivity index (χ1v) is 18.1. The summed E-state index contributed by atoms with van der Waals surface area (Å²) in [5, 5.41) is 17.4. The molecule has 0 bridgehead atoms. The van der Waals surface area contributed by atoms with Crippen LogP contribution in [-0.2, 0) is 21.1 Å². The lowest BCUT2D eigenvalue weighted by Gasteiger charge is -2.39. The predicted octanol–water partition coefficient (Wildman–Crippen LogP) is 6.76. The van der Waals surface area contributed by atoms with Gasteiger partial charge < -0.3 is 24.7 Å². The van der Waals surface area contributed by atoms with Crippen molar-refractivity contribution in [2.24, 2.45) is 5.92 Å². The normalized spacial score (nSPS) is 19.2. The van der Waals surface area contributed by atoms with Crippen molar-refractivity contribution in [1.29, 1.82) is 5.26 Å². The van der Waals surface area contributed by atoms with Crippen molar-refractivity contribution in [2.45, 2.75) is 57.7 Å². The molecule has 3 aromatic rings. The third kappa shape index (κ3) is 6.14. The van der Waals surface area contributed by atoms with Gasteiger partial charge in [0.15, 0.2) is 8.32 Å². The maximum Gasteiger partial charge on any atom is 0.228 e. The Bertz CT molecular complexity index is 1650. The fourth-order valence-electron chi connectivity index (χ4n) is 5.41. The van der Waals surface area contributed by atoms with Gasteiger partial charge in [-0.1, -0.05) is 39.3 Å². The van der Waals surface area contributed by atoms with Crippen molar-refractivity contribution in [3.63, 3.8) is 0 Å². The predicted molar refractivity (Wildman–Crippen MR) is 177 cm³/mol. The Balaban J connectivity index is 1.44. The van der Waals surface area contributed by atoms with E-state index in [1.807, 2.05) is 18.2 Å². The number of hydrogen-bond acceptors (Lipinski definition) is 8. The Morgan fingerprint density at radius 1 is 1.30 bits per heavy atom. The van der Waals surface area contributed by atoms with Crippen LogP contribution in [0.15, 0.2) is 36.5 Å². The molecule has 1 unspecified atom stereocenters. The number of halogens is 1. The molecule has 0 saturated carbocycles. The van der Waals surface area contributed by atoms with Crippen LogP contribution in [0, 0.1) is 17.2 Å². The highest BCUT2D eigenvalue weighted by Gasteiger charge is 2.42. The van der Waals surface area contributed by atoms with E-state index in [0.717, 1.165) is 22.4 Å². The molecular weight excluding hydrogens is 592 g/mol. The minimum Gasteiger partial charge on any atom is -0.490 e. The highest BCUT2D eigenvalue weighted by molar-refractivity contribution is 6.74. The maximum atomic E-state index is 12.6. The van der Waals surface area contributed by atoms with E-state index in [-0.39, 0.29) is 28.9 Å². The molecule has 2 N–H and O–H groups in total. The van der Waals surface area contributed by atoms with Crippen molar-refractivity contribution < 1.29 is 14.0 Å². The lowest BCUT2D eigenvalue weighted by atomic mass is 9.83. The van der Waals surface area contributed by atoms with Gasteiger partial charge in [-0.2, -0.15) is 5.26 Å². The van der Waals surface area contributed by atoms with Gasteiger partial charge in [-0.15, -0.1) is 0 Å². The molecule has 0 radical (unpaired) electrons. The van der Waals surface area contributed by atoms with E-state index in [2.05, 4.69) is 68.5 Å². The number of hydrogen-bond donors (Lipinski definition) is 2. The van der Waals surface area contributed by atoms with Crippen molar-refractivity contribution in [1.82, 2.24) is 14.9 Å². The molecule has 1 amide bonds. The van der Waals surface area contributed by atoms with Gasteiger partial charge in [-0.3, -0.25) is 4.79 Å². The van der Waals surface area contributed by atoms with Crippen LogP contribution in [0.25, 0.3) is 11.3 Å². The molecule has 3 heterocycles. The van der Waals surface area contributed by atoms with Crippen LogP contribution in [0.2, 0.25) is 23.2 Å². The second-order valence-electron chi connectivity index (χ2n) is 13.8. The third-order valence-corrected chi connectivity index (χ3v) is 13.8. The summed E-state index contributed by atoms with van der Waals surface area (Å²) in [5.74, 6) is 0.748. The third-order valence-electron chi connectivity index (χ3n) is 9.14. The minimum absolute atomic E-state index is 0.0186. The molecule has 0 aliphatic carbocycles. The van der Waals surface area contributed by atoms with Gasteiger partial charge in [0.25, 0.3) is 0 Å². The van der Waals surface area contributed by atoms with Crippen LogP contribution < -0.4 is 15.4 Å². The van der Waals surface area contributed by atoms with Crippen LogP contribution in [0.3, 0.4) is 0 Å². The molecular formula is C33H41ClN6O3Si. The Kier molecular flexibility index (Phi) is 8.44. The van der Waals surface area contributed by atoms with Crippen LogP contribution in [0.1, 0.15) is 44.4 Å². The molecule has 9 nitrogen and oxygen atoms in total. The lowest BCUT2D eigenvalue weighted by Crippen LogP contribution is -2.45. The van der Waals surface area contributed by atoms with E-state index in [9.17, 15) is 10.1 Å². The zero-order valence-corrected chi connectivity index (χ0v) is 28.5.